The Morgan fingerprint density at radius 3 is 2.15 bits per heavy atom. The lowest BCUT2D eigenvalue weighted by Gasteiger charge is -2.34. The number of piperazine rings is 2. The van der Waals surface area contributed by atoms with Crippen molar-refractivity contribution in [1.82, 2.24) is 14.7 Å². The van der Waals surface area contributed by atoms with Gasteiger partial charge in [0.25, 0.3) is 0 Å². The normalized spacial score (nSPS) is 19.2. The minimum Gasteiger partial charge on any atom is -0.369 e. The summed E-state index contributed by atoms with van der Waals surface area (Å²) in [4.78, 5) is 33.3. The molecule has 1 N–H and O–H groups in total. The summed E-state index contributed by atoms with van der Waals surface area (Å²) >= 11 is 0. The molecule has 0 aliphatic carbocycles. The summed E-state index contributed by atoms with van der Waals surface area (Å²) in [5.74, 6) is -0.331. The van der Waals surface area contributed by atoms with E-state index in [9.17, 15) is 9.59 Å². The van der Waals surface area contributed by atoms with Crippen molar-refractivity contribution in [3.05, 3.63) is 24.3 Å². The van der Waals surface area contributed by atoms with Crippen LogP contribution in [0.1, 0.15) is 13.3 Å². The van der Waals surface area contributed by atoms with Gasteiger partial charge in [-0.1, -0.05) is 6.92 Å². The maximum absolute atomic E-state index is 12.3. The first-order valence-corrected chi connectivity index (χ1v) is 9.88. The van der Waals surface area contributed by atoms with Crippen LogP contribution in [0.4, 0.5) is 11.4 Å². The van der Waals surface area contributed by atoms with E-state index in [0.717, 1.165) is 51.5 Å². The molecule has 27 heavy (non-hydrogen) atoms. The highest BCUT2D eigenvalue weighted by Gasteiger charge is 2.22. The van der Waals surface area contributed by atoms with E-state index in [1.807, 2.05) is 24.3 Å². The monoisotopic (exact) mass is 373 g/mol. The van der Waals surface area contributed by atoms with E-state index < -0.39 is 0 Å². The molecule has 7 nitrogen and oxygen atoms in total. The van der Waals surface area contributed by atoms with Crippen LogP contribution < -0.4 is 10.2 Å². The van der Waals surface area contributed by atoms with Gasteiger partial charge in [-0.3, -0.25) is 9.59 Å². The highest BCUT2D eigenvalue weighted by Crippen LogP contribution is 2.19. The molecule has 2 aliphatic heterocycles. The summed E-state index contributed by atoms with van der Waals surface area (Å²) in [5.41, 5.74) is 1.91. The van der Waals surface area contributed by atoms with Gasteiger partial charge in [0.1, 0.15) is 6.42 Å². The number of likely N-dealkylation sites (N-methyl/N-ethyl adjacent to an activating group) is 2. The molecular formula is C20H31N5O2. The minimum atomic E-state index is -0.245. The lowest BCUT2D eigenvalue weighted by Crippen LogP contribution is -2.49. The second-order valence-electron chi connectivity index (χ2n) is 7.38. The number of rotatable bonds is 5. The molecule has 3 rings (SSSR count). The zero-order valence-corrected chi connectivity index (χ0v) is 16.5. The van der Waals surface area contributed by atoms with E-state index in [-0.39, 0.29) is 18.2 Å². The van der Waals surface area contributed by atoms with Crippen LogP contribution in [0.5, 0.6) is 0 Å². The predicted octanol–water partition coefficient (Wildman–Crippen LogP) is 0.931. The average Bonchev–Trinajstić information content (AvgIpc) is 2.69. The third-order valence-electron chi connectivity index (χ3n) is 5.50. The van der Waals surface area contributed by atoms with Crippen molar-refractivity contribution in [2.24, 2.45) is 0 Å². The molecule has 0 saturated carbocycles. The second-order valence-corrected chi connectivity index (χ2v) is 7.38. The number of amides is 2. The van der Waals surface area contributed by atoms with Crippen molar-refractivity contribution in [3.8, 4) is 0 Å². The molecule has 0 spiro atoms. The Kier molecular flexibility index (Phi) is 6.68. The Hall–Kier alpha value is -2.12. The van der Waals surface area contributed by atoms with E-state index in [4.69, 9.17) is 0 Å². The number of carbonyl (C=O) groups is 2. The molecule has 2 heterocycles. The maximum atomic E-state index is 12.3. The number of nitrogens with one attached hydrogen (secondary N) is 1. The van der Waals surface area contributed by atoms with Crippen LogP contribution >= 0.6 is 0 Å². The highest BCUT2D eigenvalue weighted by atomic mass is 16.2. The van der Waals surface area contributed by atoms with Crippen molar-refractivity contribution >= 4 is 23.2 Å². The fourth-order valence-corrected chi connectivity index (χ4v) is 3.59. The zero-order chi connectivity index (χ0) is 19.2. The number of hydrogen-bond donors (Lipinski definition) is 1. The van der Waals surface area contributed by atoms with Gasteiger partial charge in [0.2, 0.25) is 11.8 Å². The number of anilines is 2. The molecule has 0 aromatic heterocycles. The quantitative estimate of drug-likeness (QED) is 0.778. The summed E-state index contributed by atoms with van der Waals surface area (Å²) in [7, 11) is 2.14. The fraction of sp³-hybridized carbons (Fsp3) is 0.600. The standard InChI is InChI=1S/C20H31N5O2/c1-3-23-10-14-25(15-11-23)20(27)16-19(26)21-17-4-6-18(7-5-17)24-12-8-22(2)9-13-24/h4-7H,3,8-16H2,1-2H3,(H,21,26). The van der Waals surface area contributed by atoms with Gasteiger partial charge in [-0.25, -0.2) is 0 Å². The van der Waals surface area contributed by atoms with Crippen LogP contribution in [-0.2, 0) is 9.59 Å². The lowest BCUT2D eigenvalue weighted by atomic mass is 10.2. The minimum absolute atomic E-state index is 0.0858. The van der Waals surface area contributed by atoms with Gasteiger partial charge >= 0.3 is 0 Å². The lowest BCUT2D eigenvalue weighted by molar-refractivity contribution is -0.136. The molecule has 148 valence electrons. The van der Waals surface area contributed by atoms with E-state index >= 15 is 0 Å². The molecule has 0 atom stereocenters. The van der Waals surface area contributed by atoms with Crippen LogP contribution in [0.15, 0.2) is 24.3 Å². The summed E-state index contributed by atoms with van der Waals surface area (Å²) < 4.78 is 0. The molecule has 0 bridgehead atoms. The van der Waals surface area contributed by atoms with Crippen molar-refractivity contribution < 1.29 is 9.59 Å². The average molecular weight is 374 g/mol. The molecule has 0 unspecified atom stereocenters. The Labute approximate surface area is 161 Å². The molecule has 7 heteroatoms. The van der Waals surface area contributed by atoms with Gasteiger partial charge in [-0.2, -0.15) is 0 Å². The second kappa shape index (κ2) is 9.19. The van der Waals surface area contributed by atoms with Gasteiger partial charge in [0, 0.05) is 63.7 Å². The Morgan fingerprint density at radius 2 is 1.56 bits per heavy atom. The Bertz CT molecular complexity index is 632. The van der Waals surface area contributed by atoms with Crippen molar-refractivity contribution in [2.45, 2.75) is 13.3 Å². The number of carbonyl (C=O) groups excluding carboxylic acids is 2. The molecule has 2 aliphatic rings. The van der Waals surface area contributed by atoms with Crippen LogP contribution in [0, 0.1) is 0 Å². The smallest absolute Gasteiger partial charge is 0.233 e. The van der Waals surface area contributed by atoms with Crippen LogP contribution in [0.2, 0.25) is 0 Å². The summed E-state index contributed by atoms with van der Waals surface area (Å²) in [6, 6.07) is 7.89. The van der Waals surface area contributed by atoms with Gasteiger partial charge in [-0.15, -0.1) is 0 Å². The molecule has 2 saturated heterocycles. The number of hydrogen-bond acceptors (Lipinski definition) is 5. The predicted molar refractivity (Wildman–Crippen MR) is 108 cm³/mol. The number of nitrogens with zero attached hydrogens (tertiary/aromatic N) is 4. The third kappa shape index (κ3) is 5.43. The van der Waals surface area contributed by atoms with E-state index in [1.165, 1.54) is 5.69 Å². The SMILES string of the molecule is CCN1CCN(C(=O)CC(=O)Nc2ccc(N3CCN(C)CC3)cc2)CC1. The van der Waals surface area contributed by atoms with Crippen molar-refractivity contribution in [2.75, 3.05) is 76.2 Å². The molecular weight excluding hydrogens is 342 g/mol. The molecule has 1 aromatic rings. The first kappa shape index (κ1) is 19.6. The largest absolute Gasteiger partial charge is 0.369 e. The molecule has 0 radical (unpaired) electrons. The van der Waals surface area contributed by atoms with Crippen molar-refractivity contribution in [1.29, 1.82) is 0 Å². The van der Waals surface area contributed by atoms with Gasteiger partial charge in [-0.05, 0) is 37.9 Å². The summed E-state index contributed by atoms with van der Waals surface area (Å²) in [6.45, 7) is 10.5. The molecule has 2 amide bonds. The Morgan fingerprint density at radius 1 is 0.926 bits per heavy atom. The summed E-state index contributed by atoms with van der Waals surface area (Å²) in [6.07, 6.45) is -0.0909. The van der Waals surface area contributed by atoms with Gasteiger partial charge in [0.05, 0.1) is 0 Å². The molecule has 1 aromatic carbocycles. The van der Waals surface area contributed by atoms with Crippen LogP contribution in [0.3, 0.4) is 0 Å². The van der Waals surface area contributed by atoms with Crippen LogP contribution in [0.25, 0.3) is 0 Å². The molecule has 2 fully saturated rings. The van der Waals surface area contributed by atoms with E-state index in [1.54, 1.807) is 4.90 Å². The van der Waals surface area contributed by atoms with E-state index in [0.29, 0.717) is 13.1 Å². The fourth-order valence-electron chi connectivity index (χ4n) is 3.59. The van der Waals surface area contributed by atoms with Gasteiger partial charge < -0.3 is 24.9 Å². The van der Waals surface area contributed by atoms with Gasteiger partial charge in [0.15, 0.2) is 0 Å². The Balaban J connectivity index is 1.46. The number of benzene rings is 1. The van der Waals surface area contributed by atoms with E-state index in [2.05, 4.69) is 34.0 Å². The topological polar surface area (TPSA) is 59.1 Å². The first-order valence-electron chi connectivity index (χ1n) is 9.88. The first-order chi connectivity index (χ1) is 13.0. The van der Waals surface area contributed by atoms with Crippen molar-refractivity contribution in [3.63, 3.8) is 0 Å². The zero-order valence-electron chi connectivity index (χ0n) is 16.5. The van der Waals surface area contributed by atoms with Crippen LogP contribution in [-0.4, -0.2) is 92.5 Å². The highest BCUT2D eigenvalue weighted by molar-refractivity contribution is 6.03. The third-order valence-corrected chi connectivity index (χ3v) is 5.50. The maximum Gasteiger partial charge on any atom is 0.233 e. The summed E-state index contributed by atoms with van der Waals surface area (Å²) in [5, 5.41) is 2.85.